The minimum Gasteiger partial charge on any atom is -0.488 e. The number of ether oxygens (including phenoxy) is 1. The van der Waals surface area contributed by atoms with Crippen molar-refractivity contribution >= 4 is 28.5 Å². The van der Waals surface area contributed by atoms with Crippen LogP contribution in [0.4, 0.5) is 17.5 Å². The van der Waals surface area contributed by atoms with Gasteiger partial charge in [0.15, 0.2) is 5.65 Å². The van der Waals surface area contributed by atoms with Gasteiger partial charge in [0.1, 0.15) is 17.2 Å². The number of aromatic nitrogens is 4. The molecule has 0 saturated heterocycles. The zero-order chi connectivity index (χ0) is 23.4. The number of hydrogen-bond acceptors (Lipinski definition) is 7. The van der Waals surface area contributed by atoms with E-state index in [1.54, 1.807) is 6.20 Å². The van der Waals surface area contributed by atoms with Crippen LogP contribution in [0.3, 0.4) is 0 Å². The Morgan fingerprint density at radius 2 is 1.94 bits per heavy atom. The third kappa shape index (κ3) is 3.59. The van der Waals surface area contributed by atoms with Crippen LogP contribution in [0.1, 0.15) is 43.0 Å². The molecule has 4 aromatic rings. The van der Waals surface area contributed by atoms with E-state index in [0.717, 1.165) is 43.5 Å². The van der Waals surface area contributed by atoms with Crippen LogP contribution in [-0.4, -0.2) is 31.9 Å². The van der Waals surface area contributed by atoms with Crippen molar-refractivity contribution in [2.75, 3.05) is 22.9 Å². The fourth-order valence-corrected chi connectivity index (χ4v) is 5.24. The predicted octanol–water partition coefficient (Wildman–Crippen LogP) is 3.90. The summed E-state index contributed by atoms with van der Waals surface area (Å²) < 4.78 is 8.14. The molecule has 1 atom stereocenters. The molecule has 0 fully saturated rings. The molecular formula is C26H29N7O. The highest BCUT2D eigenvalue weighted by Crippen LogP contribution is 2.37. The number of fused-ring (bicyclic) bond motifs is 3. The number of aryl methyl sites for hydroxylation is 1. The number of nitrogens with two attached hydrogens (primary N) is 2. The Morgan fingerprint density at radius 3 is 2.82 bits per heavy atom. The summed E-state index contributed by atoms with van der Waals surface area (Å²) in [4.78, 5) is 11.0. The zero-order valence-electron chi connectivity index (χ0n) is 19.5. The number of benzene rings is 2. The molecule has 8 heteroatoms. The van der Waals surface area contributed by atoms with Crippen LogP contribution < -0.4 is 21.1 Å². The Bertz CT molecular complexity index is 1390. The van der Waals surface area contributed by atoms with Gasteiger partial charge in [-0.1, -0.05) is 30.3 Å². The van der Waals surface area contributed by atoms with Crippen molar-refractivity contribution < 1.29 is 4.74 Å². The molecule has 2 aromatic heterocycles. The summed E-state index contributed by atoms with van der Waals surface area (Å²) in [5.41, 5.74) is 17.7. The molecule has 0 saturated carbocycles. The van der Waals surface area contributed by atoms with Crippen molar-refractivity contribution in [3.63, 3.8) is 0 Å². The summed E-state index contributed by atoms with van der Waals surface area (Å²) >= 11 is 0. The average Bonchev–Trinajstić information content (AvgIpc) is 3.23. The van der Waals surface area contributed by atoms with Crippen molar-refractivity contribution in [2.24, 2.45) is 0 Å². The summed E-state index contributed by atoms with van der Waals surface area (Å²) in [6.45, 7) is 5.92. The Morgan fingerprint density at radius 1 is 1.09 bits per heavy atom. The molecular weight excluding hydrogens is 426 g/mol. The molecule has 4 N–H and O–H groups in total. The van der Waals surface area contributed by atoms with Crippen LogP contribution in [0.2, 0.25) is 0 Å². The van der Waals surface area contributed by atoms with Gasteiger partial charge in [0.25, 0.3) is 0 Å². The second-order valence-corrected chi connectivity index (χ2v) is 9.96. The lowest BCUT2D eigenvalue weighted by Crippen LogP contribution is -2.37. The van der Waals surface area contributed by atoms with E-state index in [2.05, 4.69) is 76.3 Å². The van der Waals surface area contributed by atoms with Crippen molar-refractivity contribution in [3.8, 4) is 5.75 Å². The predicted molar refractivity (Wildman–Crippen MR) is 134 cm³/mol. The fourth-order valence-electron chi connectivity index (χ4n) is 5.24. The minimum absolute atomic E-state index is 0.0999. The molecule has 0 spiro atoms. The highest BCUT2D eigenvalue weighted by Gasteiger charge is 2.29. The van der Waals surface area contributed by atoms with Crippen molar-refractivity contribution in [1.82, 2.24) is 19.7 Å². The van der Waals surface area contributed by atoms with Crippen LogP contribution in [0.15, 0.2) is 48.7 Å². The minimum atomic E-state index is -0.101. The van der Waals surface area contributed by atoms with Gasteiger partial charge in [-0.25, -0.2) is 4.68 Å². The molecule has 0 amide bonds. The van der Waals surface area contributed by atoms with Crippen molar-refractivity contribution in [3.05, 3.63) is 65.4 Å². The molecule has 174 valence electrons. The number of rotatable bonds is 3. The van der Waals surface area contributed by atoms with E-state index < -0.39 is 0 Å². The van der Waals surface area contributed by atoms with E-state index in [-0.39, 0.29) is 17.6 Å². The van der Waals surface area contributed by atoms with Crippen molar-refractivity contribution in [2.45, 2.75) is 51.3 Å². The number of hydrogen-bond donors (Lipinski definition) is 2. The highest BCUT2D eigenvalue weighted by molar-refractivity contribution is 5.86. The smallest absolute Gasteiger partial charge is 0.224 e. The Balaban J connectivity index is 1.34. The number of nitrogens with zero attached hydrogens (tertiary/aromatic N) is 5. The summed E-state index contributed by atoms with van der Waals surface area (Å²) in [6.07, 6.45) is 4.66. The SMILES string of the molecule is CC1(C)CCc2cc(CN3CC(n4ncc5c(N)nc(N)nc54)Cc4ccccc43)ccc2O1. The van der Waals surface area contributed by atoms with Gasteiger partial charge >= 0.3 is 0 Å². The van der Waals surface area contributed by atoms with Crippen LogP contribution >= 0.6 is 0 Å². The van der Waals surface area contributed by atoms with Gasteiger partial charge in [-0.2, -0.15) is 15.1 Å². The molecule has 2 aliphatic heterocycles. The molecule has 0 aliphatic carbocycles. The molecule has 1 unspecified atom stereocenters. The van der Waals surface area contributed by atoms with Crippen LogP contribution in [0.5, 0.6) is 5.75 Å². The fraction of sp³-hybridized carbons (Fsp3) is 0.346. The van der Waals surface area contributed by atoms with Crippen LogP contribution in [-0.2, 0) is 19.4 Å². The Labute approximate surface area is 198 Å². The molecule has 34 heavy (non-hydrogen) atoms. The lowest BCUT2D eigenvalue weighted by atomic mass is 9.93. The second kappa shape index (κ2) is 7.62. The standard InChI is InChI=1S/C26H29N7O/c1-26(2)10-9-18-11-16(7-8-22(18)34-26)14-32-15-19(12-17-5-3-4-6-21(17)32)33-24-20(13-29-33)23(27)30-25(28)31-24/h3-8,11,13,19H,9-10,12,14-15H2,1-2H3,(H4,27,28,30,31). The first-order valence-corrected chi connectivity index (χ1v) is 11.8. The number of anilines is 3. The summed E-state index contributed by atoms with van der Waals surface area (Å²) in [5, 5.41) is 5.38. The maximum Gasteiger partial charge on any atom is 0.224 e. The number of nitrogen functional groups attached to an aromatic ring is 2. The largest absolute Gasteiger partial charge is 0.488 e. The Kier molecular flexibility index (Phi) is 4.65. The maximum atomic E-state index is 6.19. The van der Waals surface area contributed by atoms with Gasteiger partial charge in [-0.05, 0) is 61.9 Å². The molecule has 8 nitrogen and oxygen atoms in total. The van der Waals surface area contributed by atoms with Crippen LogP contribution in [0.25, 0.3) is 11.0 Å². The van der Waals surface area contributed by atoms with Crippen molar-refractivity contribution in [1.29, 1.82) is 0 Å². The molecule has 6 rings (SSSR count). The highest BCUT2D eigenvalue weighted by atomic mass is 16.5. The summed E-state index contributed by atoms with van der Waals surface area (Å²) in [7, 11) is 0. The second-order valence-electron chi connectivity index (χ2n) is 9.96. The van der Waals surface area contributed by atoms with Gasteiger partial charge in [-0.3, -0.25) is 0 Å². The molecule has 2 aromatic carbocycles. The molecule has 0 radical (unpaired) electrons. The Hall–Kier alpha value is -3.81. The van der Waals surface area contributed by atoms with Gasteiger partial charge in [0, 0.05) is 18.8 Å². The normalized spacial score (nSPS) is 18.9. The monoisotopic (exact) mass is 455 g/mol. The molecule has 4 heterocycles. The van der Waals surface area contributed by atoms with E-state index in [0.29, 0.717) is 11.5 Å². The van der Waals surface area contributed by atoms with Crippen LogP contribution in [0, 0.1) is 0 Å². The van der Waals surface area contributed by atoms with Gasteiger partial charge in [-0.15, -0.1) is 0 Å². The zero-order valence-corrected chi connectivity index (χ0v) is 19.5. The first kappa shape index (κ1) is 20.8. The third-order valence-corrected chi connectivity index (χ3v) is 6.95. The third-order valence-electron chi connectivity index (χ3n) is 6.95. The lowest BCUT2D eigenvalue weighted by Gasteiger charge is -2.37. The number of para-hydroxylation sites is 1. The average molecular weight is 456 g/mol. The quantitative estimate of drug-likeness (QED) is 0.482. The van der Waals surface area contributed by atoms with Gasteiger partial charge < -0.3 is 21.1 Å². The molecule has 2 aliphatic rings. The summed E-state index contributed by atoms with van der Waals surface area (Å²) in [6, 6.07) is 15.3. The van der Waals surface area contributed by atoms with E-state index in [1.165, 1.54) is 22.4 Å². The maximum absolute atomic E-state index is 6.19. The lowest BCUT2D eigenvalue weighted by molar-refractivity contribution is 0.0846. The molecule has 0 bridgehead atoms. The van der Waals surface area contributed by atoms with E-state index in [9.17, 15) is 0 Å². The first-order valence-electron chi connectivity index (χ1n) is 11.8. The van der Waals surface area contributed by atoms with E-state index in [1.807, 2.05) is 4.68 Å². The topological polar surface area (TPSA) is 108 Å². The van der Waals surface area contributed by atoms with Gasteiger partial charge in [0.05, 0.1) is 17.6 Å². The first-order chi connectivity index (χ1) is 16.4. The van der Waals surface area contributed by atoms with Gasteiger partial charge in [0.2, 0.25) is 5.95 Å². The van der Waals surface area contributed by atoms with E-state index in [4.69, 9.17) is 16.2 Å². The summed E-state index contributed by atoms with van der Waals surface area (Å²) in [5.74, 6) is 1.54. The van der Waals surface area contributed by atoms with E-state index >= 15 is 0 Å².